The molecule has 3 N–H and O–H groups in total. The third kappa shape index (κ3) is 19.2. The number of hydrogen-bond donors (Lipinski definition) is 3. The highest BCUT2D eigenvalue weighted by Gasteiger charge is 2.33. The Morgan fingerprint density at radius 2 is 1.20 bits per heavy atom. The second-order valence-corrected chi connectivity index (χ2v) is 12.4. The molecule has 230 valence electrons. The van der Waals surface area contributed by atoms with E-state index in [0.29, 0.717) is 64.8 Å². The number of alkyl carbamates (subject to hydrolysis) is 1. The molecule has 0 aromatic carbocycles. The Labute approximate surface area is 239 Å². The summed E-state index contributed by atoms with van der Waals surface area (Å²) in [6.45, 7) is 15.2. The van der Waals surface area contributed by atoms with Crippen LogP contribution in [0, 0.1) is 0 Å². The lowest BCUT2D eigenvalue weighted by Crippen LogP contribution is -2.39. The van der Waals surface area contributed by atoms with Crippen molar-refractivity contribution in [3.63, 3.8) is 0 Å². The molecule has 0 aromatic rings. The summed E-state index contributed by atoms with van der Waals surface area (Å²) in [5, 5.41) is 16.3. The first-order valence-electron chi connectivity index (χ1n) is 14.5. The monoisotopic (exact) mass is 568 g/mol. The van der Waals surface area contributed by atoms with Crippen molar-refractivity contribution in [1.82, 2.24) is 20.9 Å². The number of unbranched alkanes of at least 4 members (excludes halogenated alkanes) is 3. The smallest absolute Gasteiger partial charge is 0.410 e. The van der Waals surface area contributed by atoms with Crippen molar-refractivity contribution in [1.29, 1.82) is 0 Å². The zero-order chi connectivity index (χ0) is 30.2. The number of carbonyl (C=O) groups is 4. The highest BCUT2D eigenvalue weighted by atomic mass is 16.6. The highest BCUT2D eigenvalue weighted by Crippen LogP contribution is 2.31. The van der Waals surface area contributed by atoms with E-state index in [1.807, 2.05) is 27.7 Å². The Kier molecular flexibility index (Phi) is 14.9. The van der Waals surface area contributed by atoms with Crippen LogP contribution in [-0.4, -0.2) is 78.5 Å². The van der Waals surface area contributed by atoms with Gasteiger partial charge in [0.1, 0.15) is 11.2 Å². The number of hydrogen-bond acceptors (Lipinski definition) is 8. The quantitative estimate of drug-likeness (QED) is 0.204. The Hall–Kier alpha value is -2.92. The van der Waals surface area contributed by atoms with Crippen LogP contribution in [0.2, 0.25) is 0 Å². The van der Waals surface area contributed by atoms with Gasteiger partial charge in [0.2, 0.25) is 11.8 Å². The first-order valence-corrected chi connectivity index (χ1v) is 14.5. The fourth-order valence-electron chi connectivity index (χ4n) is 3.58. The molecule has 12 nitrogen and oxygen atoms in total. The third-order valence-electron chi connectivity index (χ3n) is 5.77. The maximum absolute atomic E-state index is 12.6. The van der Waals surface area contributed by atoms with E-state index in [0.717, 1.165) is 25.7 Å². The second kappa shape index (κ2) is 17.0. The summed E-state index contributed by atoms with van der Waals surface area (Å²) in [7, 11) is 0. The maximum Gasteiger partial charge on any atom is 0.410 e. The minimum atomic E-state index is -0.606. The summed E-state index contributed by atoms with van der Waals surface area (Å²) < 4.78 is 10.8. The summed E-state index contributed by atoms with van der Waals surface area (Å²) in [5.41, 5.74) is -1.51. The Morgan fingerprint density at radius 3 is 1.77 bits per heavy atom. The molecular weight excluding hydrogens is 516 g/mol. The van der Waals surface area contributed by atoms with Crippen LogP contribution in [0.25, 0.3) is 0 Å². The normalized spacial score (nSPS) is 13.8. The van der Waals surface area contributed by atoms with Gasteiger partial charge < -0.3 is 30.3 Å². The van der Waals surface area contributed by atoms with Crippen LogP contribution in [0.4, 0.5) is 9.59 Å². The molecule has 0 aliphatic carbocycles. The Balaban J connectivity index is 2.17. The molecule has 0 spiro atoms. The van der Waals surface area contributed by atoms with Crippen molar-refractivity contribution in [3.05, 3.63) is 0 Å². The van der Waals surface area contributed by atoms with Crippen LogP contribution < -0.4 is 16.0 Å². The zero-order valence-corrected chi connectivity index (χ0v) is 25.7. The molecule has 40 heavy (non-hydrogen) atoms. The van der Waals surface area contributed by atoms with Gasteiger partial charge in [-0.3, -0.25) is 9.59 Å². The van der Waals surface area contributed by atoms with Crippen LogP contribution in [0.1, 0.15) is 106 Å². The van der Waals surface area contributed by atoms with Crippen molar-refractivity contribution in [3.8, 4) is 0 Å². The number of nitrogens with one attached hydrogen (secondary N) is 3. The van der Waals surface area contributed by atoms with E-state index in [9.17, 15) is 19.2 Å². The van der Waals surface area contributed by atoms with Crippen molar-refractivity contribution < 1.29 is 28.7 Å². The lowest BCUT2D eigenvalue weighted by atomic mass is 10.1. The first-order chi connectivity index (χ1) is 18.6. The fraction of sp³-hybridized carbons (Fsp3) is 0.857. The first kappa shape index (κ1) is 35.1. The van der Waals surface area contributed by atoms with Crippen molar-refractivity contribution in [2.24, 2.45) is 10.2 Å². The minimum Gasteiger partial charge on any atom is -0.444 e. The lowest BCUT2D eigenvalue weighted by Gasteiger charge is -2.27. The van der Waals surface area contributed by atoms with E-state index in [2.05, 4.69) is 26.2 Å². The minimum absolute atomic E-state index is 0.00595. The molecule has 0 radical (unpaired) electrons. The van der Waals surface area contributed by atoms with E-state index in [1.165, 1.54) is 0 Å². The molecule has 1 heterocycles. The SMILES string of the molecule is CC1(CCC(=O)NCCCCCC(=O)NCCCCN(CCCNC(=O)OC(C)(C)C)C(=O)OC(C)(C)C)N=N1. The molecule has 0 saturated heterocycles. The fourth-order valence-corrected chi connectivity index (χ4v) is 3.58. The van der Waals surface area contributed by atoms with Gasteiger partial charge in [-0.25, -0.2) is 9.59 Å². The lowest BCUT2D eigenvalue weighted by molar-refractivity contribution is -0.122. The van der Waals surface area contributed by atoms with Crippen molar-refractivity contribution >= 4 is 24.0 Å². The topological polar surface area (TPSA) is 151 Å². The second-order valence-electron chi connectivity index (χ2n) is 12.4. The average molecular weight is 569 g/mol. The predicted octanol–water partition coefficient (Wildman–Crippen LogP) is 4.67. The van der Waals surface area contributed by atoms with Crippen LogP contribution in [0.3, 0.4) is 0 Å². The van der Waals surface area contributed by atoms with Gasteiger partial charge in [-0.15, -0.1) is 0 Å². The van der Waals surface area contributed by atoms with E-state index >= 15 is 0 Å². The van der Waals surface area contributed by atoms with Gasteiger partial charge >= 0.3 is 12.2 Å². The number of rotatable bonds is 18. The molecule has 12 heteroatoms. The van der Waals surface area contributed by atoms with E-state index in [4.69, 9.17) is 9.47 Å². The predicted molar refractivity (Wildman–Crippen MR) is 153 cm³/mol. The van der Waals surface area contributed by atoms with Crippen molar-refractivity contribution in [2.45, 2.75) is 123 Å². The van der Waals surface area contributed by atoms with Crippen LogP contribution in [-0.2, 0) is 19.1 Å². The van der Waals surface area contributed by atoms with Gasteiger partial charge in [0, 0.05) is 52.0 Å². The molecule has 1 rings (SSSR count). The van der Waals surface area contributed by atoms with Gasteiger partial charge in [0.05, 0.1) is 0 Å². The summed E-state index contributed by atoms with van der Waals surface area (Å²) >= 11 is 0. The summed E-state index contributed by atoms with van der Waals surface area (Å²) in [5.74, 6) is 0.0189. The molecule has 4 amide bonds. The summed E-state index contributed by atoms with van der Waals surface area (Å²) in [6, 6.07) is 0. The molecular formula is C28H52N6O6. The Bertz CT molecular complexity index is 843. The van der Waals surface area contributed by atoms with Crippen LogP contribution >= 0.6 is 0 Å². The number of amides is 4. The largest absolute Gasteiger partial charge is 0.444 e. The van der Waals surface area contributed by atoms with Gasteiger partial charge in [-0.1, -0.05) is 6.42 Å². The van der Waals surface area contributed by atoms with E-state index in [-0.39, 0.29) is 17.5 Å². The maximum atomic E-state index is 12.6. The third-order valence-corrected chi connectivity index (χ3v) is 5.77. The molecule has 1 aliphatic heterocycles. The summed E-state index contributed by atoms with van der Waals surface area (Å²) in [6.07, 6.45) is 5.10. The summed E-state index contributed by atoms with van der Waals surface area (Å²) in [4.78, 5) is 50.0. The standard InChI is InChI=1S/C28H52N6O6/c1-26(2,3)39-24(37)31-19-13-21-34(25(38)40-27(4,5)6)20-12-11-18-29-22(35)14-9-8-10-17-30-23(36)15-16-28(7)32-33-28/h8-21H2,1-7H3,(H,29,35)(H,30,36)(H,31,37). The number of ether oxygens (including phenoxy) is 2. The molecule has 0 bridgehead atoms. The van der Waals surface area contributed by atoms with Gasteiger partial charge in [0.25, 0.3) is 0 Å². The molecule has 0 saturated carbocycles. The van der Waals surface area contributed by atoms with Gasteiger partial charge in [-0.2, -0.15) is 10.2 Å². The molecule has 0 aromatic heterocycles. The van der Waals surface area contributed by atoms with Crippen LogP contribution in [0.15, 0.2) is 10.2 Å². The molecule has 1 aliphatic rings. The van der Waals surface area contributed by atoms with E-state index in [1.54, 1.807) is 25.7 Å². The van der Waals surface area contributed by atoms with Gasteiger partial charge in [-0.05, 0) is 80.6 Å². The highest BCUT2D eigenvalue weighted by molar-refractivity contribution is 5.76. The molecule has 0 atom stereocenters. The zero-order valence-electron chi connectivity index (χ0n) is 25.7. The van der Waals surface area contributed by atoms with Crippen LogP contribution in [0.5, 0.6) is 0 Å². The van der Waals surface area contributed by atoms with E-state index < -0.39 is 23.4 Å². The Morgan fingerprint density at radius 1 is 0.675 bits per heavy atom. The van der Waals surface area contributed by atoms with Crippen molar-refractivity contribution in [2.75, 3.05) is 32.7 Å². The molecule has 0 fully saturated rings. The number of carbonyl (C=O) groups excluding carboxylic acids is 4. The molecule has 0 unspecified atom stereocenters. The number of nitrogens with zero attached hydrogens (tertiary/aromatic N) is 3. The van der Waals surface area contributed by atoms with Gasteiger partial charge in [0.15, 0.2) is 5.66 Å². The average Bonchev–Trinajstić information content (AvgIpc) is 3.56.